The van der Waals surface area contributed by atoms with Gasteiger partial charge in [-0.05, 0) is 5.56 Å². The van der Waals surface area contributed by atoms with Gasteiger partial charge in [0.05, 0.1) is 0 Å². The first kappa shape index (κ1) is 12.4. The van der Waals surface area contributed by atoms with Crippen molar-refractivity contribution in [2.45, 2.75) is 19.3 Å². The molecule has 1 amide bonds. The molecule has 0 atom stereocenters. The summed E-state index contributed by atoms with van der Waals surface area (Å²) in [4.78, 5) is 24.4. The van der Waals surface area contributed by atoms with E-state index in [2.05, 4.69) is 0 Å². The fraction of sp³-hybridized carbons (Fsp3) is 0.385. The molecule has 3 nitrogen and oxygen atoms in total. The molecule has 0 aliphatic heterocycles. The van der Waals surface area contributed by atoms with E-state index in [-0.39, 0.29) is 11.7 Å². The molecule has 1 rings (SSSR count). The maximum Gasteiger partial charge on any atom is 0.222 e. The molecule has 0 bridgehead atoms. The Morgan fingerprint density at radius 2 is 1.69 bits per heavy atom. The molecule has 0 heterocycles. The number of ketones is 1. The van der Waals surface area contributed by atoms with Crippen molar-refractivity contribution in [1.82, 2.24) is 4.90 Å². The van der Waals surface area contributed by atoms with E-state index in [4.69, 9.17) is 0 Å². The SMILES string of the molecule is CN(C)C(=O)CCC(=O)Cc1ccccc1. The monoisotopic (exact) mass is 219 g/mol. The first-order chi connectivity index (χ1) is 7.59. The van der Waals surface area contributed by atoms with Crippen molar-refractivity contribution in [3.8, 4) is 0 Å². The van der Waals surface area contributed by atoms with Crippen LogP contribution in [-0.4, -0.2) is 30.7 Å². The second-order valence-electron chi connectivity index (χ2n) is 3.99. The second-order valence-corrected chi connectivity index (χ2v) is 3.99. The summed E-state index contributed by atoms with van der Waals surface area (Å²) in [5, 5.41) is 0. The normalized spacial score (nSPS) is 9.88. The Morgan fingerprint density at radius 3 is 2.25 bits per heavy atom. The van der Waals surface area contributed by atoms with E-state index >= 15 is 0 Å². The molecular formula is C13H17NO2. The molecule has 3 heteroatoms. The Morgan fingerprint density at radius 1 is 1.06 bits per heavy atom. The molecule has 1 aromatic rings. The lowest BCUT2D eigenvalue weighted by atomic mass is 10.1. The van der Waals surface area contributed by atoms with E-state index in [1.807, 2.05) is 30.3 Å². The van der Waals surface area contributed by atoms with E-state index < -0.39 is 0 Å². The summed E-state index contributed by atoms with van der Waals surface area (Å²) in [6.45, 7) is 0. The summed E-state index contributed by atoms with van der Waals surface area (Å²) in [5.41, 5.74) is 1.00. The molecule has 0 aliphatic rings. The van der Waals surface area contributed by atoms with Crippen LogP contribution in [0.4, 0.5) is 0 Å². The minimum absolute atomic E-state index is 0.00131. The Hall–Kier alpha value is -1.64. The van der Waals surface area contributed by atoms with Gasteiger partial charge in [0.15, 0.2) is 0 Å². The van der Waals surface area contributed by atoms with Crippen molar-refractivity contribution in [2.24, 2.45) is 0 Å². The average molecular weight is 219 g/mol. The third-order valence-electron chi connectivity index (χ3n) is 2.36. The minimum atomic E-state index is 0.00131. The zero-order valence-corrected chi connectivity index (χ0v) is 9.77. The highest BCUT2D eigenvalue weighted by Crippen LogP contribution is 2.04. The number of Topliss-reactive ketones (excluding diaryl/α,β-unsaturated/α-hetero) is 1. The number of hydrogen-bond donors (Lipinski definition) is 0. The molecule has 0 unspecified atom stereocenters. The highest BCUT2D eigenvalue weighted by atomic mass is 16.2. The van der Waals surface area contributed by atoms with Crippen LogP contribution < -0.4 is 0 Å². The van der Waals surface area contributed by atoms with Crippen LogP contribution in [-0.2, 0) is 16.0 Å². The smallest absolute Gasteiger partial charge is 0.222 e. The molecule has 0 saturated heterocycles. The highest BCUT2D eigenvalue weighted by Gasteiger charge is 2.08. The highest BCUT2D eigenvalue weighted by molar-refractivity contribution is 5.86. The zero-order valence-electron chi connectivity index (χ0n) is 9.77. The Balaban J connectivity index is 2.35. The van der Waals surface area contributed by atoms with Crippen molar-refractivity contribution >= 4 is 11.7 Å². The summed E-state index contributed by atoms with van der Waals surface area (Å²) < 4.78 is 0. The van der Waals surface area contributed by atoms with Crippen molar-refractivity contribution < 1.29 is 9.59 Å². The maximum absolute atomic E-state index is 11.6. The van der Waals surface area contributed by atoms with Crippen molar-refractivity contribution in [3.63, 3.8) is 0 Å². The van der Waals surface area contributed by atoms with Gasteiger partial charge in [-0.1, -0.05) is 30.3 Å². The second kappa shape index (κ2) is 6.05. The number of nitrogens with zero attached hydrogens (tertiary/aromatic N) is 1. The quantitative estimate of drug-likeness (QED) is 0.755. The number of hydrogen-bond acceptors (Lipinski definition) is 2. The van der Waals surface area contributed by atoms with Crippen LogP contribution in [0.1, 0.15) is 18.4 Å². The topological polar surface area (TPSA) is 37.4 Å². The molecule has 0 aromatic heterocycles. The molecule has 0 spiro atoms. The molecule has 16 heavy (non-hydrogen) atoms. The first-order valence-corrected chi connectivity index (χ1v) is 5.35. The van der Waals surface area contributed by atoms with Crippen LogP contribution in [0.25, 0.3) is 0 Å². The van der Waals surface area contributed by atoms with Crippen LogP contribution in [0, 0.1) is 0 Å². The van der Waals surface area contributed by atoms with Gasteiger partial charge in [0.2, 0.25) is 5.91 Å². The van der Waals surface area contributed by atoms with E-state index in [0.29, 0.717) is 19.3 Å². The van der Waals surface area contributed by atoms with Crippen LogP contribution in [0.2, 0.25) is 0 Å². The summed E-state index contributed by atoms with van der Waals surface area (Å²) in [6, 6.07) is 9.59. The van der Waals surface area contributed by atoms with Crippen molar-refractivity contribution in [1.29, 1.82) is 0 Å². The molecule has 86 valence electrons. The fourth-order valence-electron chi connectivity index (χ4n) is 1.38. The van der Waals surface area contributed by atoms with Gasteiger partial charge in [-0.25, -0.2) is 0 Å². The molecular weight excluding hydrogens is 202 g/mol. The molecule has 0 N–H and O–H groups in total. The Kier molecular flexibility index (Phi) is 4.70. The standard InChI is InChI=1S/C13H17NO2/c1-14(2)13(16)9-8-12(15)10-11-6-4-3-5-7-11/h3-7H,8-10H2,1-2H3. The summed E-state index contributed by atoms with van der Waals surface area (Å²) in [6.07, 6.45) is 1.05. The van der Waals surface area contributed by atoms with Crippen LogP contribution in [0.15, 0.2) is 30.3 Å². The van der Waals surface area contributed by atoms with Crippen molar-refractivity contribution in [2.75, 3.05) is 14.1 Å². The van der Waals surface area contributed by atoms with Gasteiger partial charge in [0.1, 0.15) is 5.78 Å². The predicted octanol–water partition coefficient (Wildman–Crippen LogP) is 1.67. The average Bonchev–Trinajstić information content (AvgIpc) is 2.27. The Bertz CT molecular complexity index is 357. The third kappa shape index (κ3) is 4.26. The number of benzene rings is 1. The number of rotatable bonds is 5. The largest absolute Gasteiger partial charge is 0.349 e. The number of amides is 1. The number of carbonyl (C=O) groups excluding carboxylic acids is 2. The lowest BCUT2D eigenvalue weighted by Gasteiger charge is -2.09. The van der Waals surface area contributed by atoms with Gasteiger partial charge in [0.25, 0.3) is 0 Å². The summed E-state index contributed by atoms with van der Waals surface area (Å²) >= 11 is 0. The first-order valence-electron chi connectivity index (χ1n) is 5.35. The van der Waals surface area contributed by atoms with Crippen LogP contribution in [0.5, 0.6) is 0 Å². The van der Waals surface area contributed by atoms with E-state index in [1.54, 1.807) is 14.1 Å². The van der Waals surface area contributed by atoms with Gasteiger partial charge in [0, 0.05) is 33.4 Å². The fourth-order valence-corrected chi connectivity index (χ4v) is 1.38. The molecule has 0 saturated carbocycles. The lowest BCUT2D eigenvalue weighted by Crippen LogP contribution is -2.22. The molecule has 0 fully saturated rings. The van der Waals surface area contributed by atoms with E-state index in [0.717, 1.165) is 5.56 Å². The minimum Gasteiger partial charge on any atom is -0.349 e. The molecule has 0 aliphatic carbocycles. The predicted molar refractivity (Wildman–Crippen MR) is 63.1 cm³/mol. The Labute approximate surface area is 96.1 Å². The zero-order chi connectivity index (χ0) is 12.0. The third-order valence-corrected chi connectivity index (χ3v) is 2.36. The van der Waals surface area contributed by atoms with Crippen molar-refractivity contribution in [3.05, 3.63) is 35.9 Å². The van der Waals surface area contributed by atoms with Crippen LogP contribution >= 0.6 is 0 Å². The molecule has 0 radical (unpaired) electrons. The summed E-state index contributed by atoms with van der Waals surface area (Å²) in [7, 11) is 3.40. The van der Waals surface area contributed by atoms with E-state index in [9.17, 15) is 9.59 Å². The van der Waals surface area contributed by atoms with Gasteiger partial charge < -0.3 is 4.90 Å². The van der Waals surface area contributed by atoms with Crippen LogP contribution in [0.3, 0.4) is 0 Å². The van der Waals surface area contributed by atoms with Gasteiger partial charge in [-0.3, -0.25) is 9.59 Å². The summed E-state index contributed by atoms with van der Waals surface area (Å²) in [5.74, 6) is 0.114. The van der Waals surface area contributed by atoms with Gasteiger partial charge in [-0.2, -0.15) is 0 Å². The van der Waals surface area contributed by atoms with E-state index in [1.165, 1.54) is 4.90 Å². The number of carbonyl (C=O) groups is 2. The van der Waals surface area contributed by atoms with Gasteiger partial charge >= 0.3 is 0 Å². The molecule has 1 aromatic carbocycles. The van der Waals surface area contributed by atoms with Gasteiger partial charge in [-0.15, -0.1) is 0 Å². The lowest BCUT2D eigenvalue weighted by molar-refractivity contribution is -0.130. The maximum atomic E-state index is 11.6.